The van der Waals surface area contributed by atoms with Crippen molar-refractivity contribution in [1.29, 1.82) is 0 Å². The molecule has 1 N–H and O–H groups in total. The second kappa shape index (κ2) is 17.9. The molecule has 0 heterocycles. The summed E-state index contributed by atoms with van der Waals surface area (Å²) in [5.74, 6) is 0. The van der Waals surface area contributed by atoms with E-state index < -0.39 is 8.25 Å². The Morgan fingerprint density at radius 3 is 2.14 bits per heavy atom. The van der Waals surface area contributed by atoms with E-state index in [-0.39, 0.29) is 0 Å². The molecule has 5 heteroatoms. The topological polar surface area (TPSA) is 47.6 Å². The number of rotatable bonds is 17. The van der Waals surface area contributed by atoms with Crippen LogP contribution in [0.15, 0.2) is 12.7 Å². The van der Waals surface area contributed by atoms with Crippen molar-refractivity contribution in [3.63, 3.8) is 0 Å². The Morgan fingerprint density at radius 2 is 1.52 bits per heavy atom. The van der Waals surface area contributed by atoms with E-state index in [4.69, 9.17) is 9.05 Å². The molecule has 4 nitrogen and oxygen atoms in total. The Bertz CT molecular complexity index is 250. The molecular weight excluding hydrogens is 285 g/mol. The molecule has 126 valence electrons. The lowest BCUT2D eigenvalue weighted by molar-refractivity contribution is 0.218. The SMILES string of the molecule is C=CCNCCCCCCCCO[PH](=O)OCCCCC. The minimum atomic E-state index is -2.25. The fourth-order valence-electron chi connectivity index (χ4n) is 1.97. The molecular formula is C16H34NO3P. The van der Waals surface area contributed by atoms with Crippen LogP contribution in [0.2, 0.25) is 0 Å². The average Bonchev–Trinajstić information content (AvgIpc) is 2.49. The quantitative estimate of drug-likeness (QED) is 0.239. The van der Waals surface area contributed by atoms with Crippen molar-refractivity contribution in [1.82, 2.24) is 5.32 Å². The van der Waals surface area contributed by atoms with Crippen molar-refractivity contribution in [3.05, 3.63) is 12.7 Å². The van der Waals surface area contributed by atoms with E-state index in [0.29, 0.717) is 13.2 Å². The predicted octanol–water partition coefficient (Wildman–Crippen LogP) is 4.72. The Hall–Kier alpha value is -0.150. The monoisotopic (exact) mass is 319 g/mol. The van der Waals surface area contributed by atoms with Gasteiger partial charge in [-0.1, -0.05) is 51.5 Å². The van der Waals surface area contributed by atoms with E-state index in [1.165, 1.54) is 25.7 Å². The van der Waals surface area contributed by atoms with Crippen LogP contribution < -0.4 is 5.32 Å². The molecule has 0 rings (SSSR count). The van der Waals surface area contributed by atoms with E-state index in [1.54, 1.807) is 0 Å². The van der Waals surface area contributed by atoms with Gasteiger partial charge in [-0.15, -0.1) is 6.58 Å². The van der Waals surface area contributed by atoms with Gasteiger partial charge in [0, 0.05) is 6.54 Å². The molecule has 1 unspecified atom stereocenters. The molecule has 21 heavy (non-hydrogen) atoms. The highest BCUT2D eigenvalue weighted by atomic mass is 31.1. The van der Waals surface area contributed by atoms with Crippen molar-refractivity contribution >= 4 is 8.25 Å². The summed E-state index contributed by atoms with van der Waals surface area (Å²) in [6.07, 6.45) is 12.2. The molecule has 1 atom stereocenters. The van der Waals surface area contributed by atoms with E-state index >= 15 is 0 Å². The number of unbranched alkanes of at least 4 members (excludes halogenated alkanes) is 7. The third-order valence-electron chi connectivity index (χ3n) is 3.22. The smallest absolute Gasteiger partial charge is 0.313 e. The maximum atomic E-state index is 11.4. The largest absolute Gasteiger partial charge is 0.319 e. The van der Waals surface area contributed by atoms with Crippen LogP contribution in [0.4, 0.5) is 0 Å². The summed E-state index contributed by atoms with van der Waals surface area (Å²) in [6, 6.07) is 0. The first-order valence-electron chi connectivity index (χ1n) is 8.42. The first-order valence-corrected chi connectivity index (χ1v) is 9.65. The van der Waals surface area contributed by atoms with Gasteiger partial charge in [0.1, 0.15) is 0 Å². The van der Waals surface area contributed by atoms with Crippen LogP contribution in [0.5, 0.6) is 0 Å². The highest BCUT2D eigenvalue weighted by Gasteiger charge is 1.99. The zero-order chi connectivity index (χ0) is 15.6. The summed E-state index contributed by atoms with van der Waals surface area (Å²) in [5, 5.41) is 3.30. The molecule has 0 aliphatic heterocycles. The van der Waals surface area contributed by atoms with Crippen molar-refractivity contribution in [3.8, 4) is 0 Å². The molecule has 0 fully saturated rings. The van der Waals surface area contributed by atoms with Crippen LogP contribution in [0, 0.1) is 0 Å². The highest BCUT2D eigenvalue weighted by molar-refractivity contribution is 7.33. The predicted molar refractivity (Wildman–Crippen MR) is 91.2 cm³/mol. The summed E-state index contributed by atoms with van der Waals surface area (Å²) < 4.78 is 21.7. The molecule has 0 aliphatic rings. The lowest BCUT2D eigenvalue weighted by atomic mass is 10.1. The number of hydrogen-bond donors (Lipinski definition) is 1. The van der Waals surface area contributed by atoms with Gasteiger partial charge in [-0.2, -0.15) is 0 Å². The Kier molecular flexibility index (Phi) is 17.8. The third-order valence-corrected chi connectivity index (χ3v) is 4.10. The molecule has 0 aromatic carbocycles. The summed E-state index contributed by atoms with van der Waals surface area (Å²) in [5.41, 5.74) is 0. The van der Waals surface area contributed by atoms with Crippen LogP contribution in [-0.2, 0) is 13.6 Å². The van der Waals surface area contributed by atoms with E-state index in [2.05, 4.69) is 18.8 Å². The fourth-order valence-corrected chi connectivity index (χ4v) is 2.67. The average molecular weight is 319 g/mol. The van der Waals surface area contributed by atoms with Crippen LogP contribution in [-0.4, -0.2) is 26.3 Å². The lowest BCUT2D eigenvalue weighted by Gasteiger charge is -2.05. The van der Waals surface area contributed by atoms with Gasteiger partial charge < -0.3 is 14.4 Å². The maximum Gasteiger partial charge on any atom is 0.319 e. The van der Waals surface area contributed by atoms with Gasteiger partial charge in [0.05, 0.1) is 13.2 Å². The lowest BCUT2D eigenvalue weighted by Crippen LogP contribution is -2.14. The Morgan fingerprint density at radius 1 is 0.952 bits per heavy atom. The van der Waals surface area contributed by atoms with Crippen LogP contribution in [0.3, 0.4) is 0 Å². The molecule has 0 radical (unpaired) electrons. The Labute approximate surface area is 131 Å². The molecule has 0 saturated heterocycles. The first kappa shape index (κ1) is 20.9. The van der Waals surface area contributed by atoms with E-state index in [1.807, 2.05) is 6.08 Å². The molecule has 0 bridgehead atoms. The van der Waals surface area contributed by atoms with Crippen LogP contribution in [0.1, 0.15) is 64.7 Å². The molecule has 0 spiro atoms. The third kappa shape index (κ3) is 17.8. The second-order valence-electron chi connectivity index (χ2n) is 5.27. The van der Waals surface area contributed by atoms with Crippen molar-refractivity contribution < 1.29 is 13.6 Å². The Balaban J connectivity index is 3.10. The van der Waals surface area contributed by atoms with E-state index in [0.717, 1.165) is 45.2 Å². The molecule has 0 saturated carbocycles. The summed E-state index contributed by atoms with van der Waals surface area (Å²) >= 11 is 0. The summed E-state index contributed by atoms with van der Waals surface area (Å²) in [7, 11) is -2.25. The number of hydrogen-bond acceptors (Lipinski definition) is 4. The minimum Gasteiger partial charge on any atom is -0.313 e. The van der Waals surface area contributed by atoms with Crippen LogP contribution >= 0.6 is 8.25 Å². The van der Waals surface area contributed by atoms with E-state index in [9.17, 15) is 4.57 Å². The minimum absolute atomic E-state index is 0.561. The summed E-state index contributed by atoms with van der Waals surface area (Å²) in [4.78, 5) is 0. The van der Waals surface area contributed by atoms with Gasteiger partial charge in [0.2, 0.25) is 0 Å². The van der Waals surface area contributed by atoms with Gasteiger partial charge in [0.15, 0.2) is 0 Å². The van der Waals surface area contributed by atoms with Gasteiger partial charge in [-0.05, 0) is 25.8 Å². The van der Waals surface area contributed by atoms with Crippen LogP contribution in [0.25, 0.3) is 0 Å². The highest BCUT2D eigenvalue weighted by Crippen LogP contribution is 2.24. The standard InChI is InChI=1S/C16H34NO3P/c1-3-5-11-15-19-21(18)20-16-12-9-7-6-8-10-14-17-13-4-2/h4,17,21H,2-3,5-16H2,1H3. The molecule has 0 aromatic heterocycles. The first-order chi connectivity index (χ1) is 10.3. The number of nitrogens with one attached hydrogen (secondary N) is 1. The van der Waals surface area contributed by atoms with Gasteiger partial charge in [0.25, 0.3) is 0 Å². The van der Waals surface area contributed by atoms with Gasteiger partial charge in [-0.3, -0.25) is 4.57 Å². The van der Waals surface area contributed by atoms with Gasteiger partial charge in [-0.25, -0.2) is 0 Å². The zero-order valence-corrected chi connectivity index (χ0v) is 14.7. The second-order valence-corrected chi connectivity index (χ2v) is 6.35. The molecule has 0 aromatic rings. The molecule has 0 amide bonds. The van der Waals surface area contributed by atoms with Crippen molar-refractivity contribution in [2.75, 3.05) is 26.3 Å². The summed E-state index contributed by atoms with van der Waals surface area (Å²) in [6.45, 7) is 8.90. The van der Waals surface area contributed by atoms with Gasteiger partial charge >= 0.3 is 8.25 Å². The van der Waals surface area contributed by atoms with Crippen molar-refractivity contribution in [2.45, 2.75) is 64.7 Å². The van der Waals surface area contributed by atoms with Crippen molar-refractivity contribution in [2.24, 2.45) is 0 Å². The maximum absolute atomic E-state index is 11.4. The zero-order valence-electron chi connectivity index (χ0n) is 13.7. The fraction of sp³-hybridized carbons (Fsp3) is 0.875. The normalized spacial score (nSPS) is 12.4. The molecule has 0 aliphatic carbocycles.